The van der Waals surface area contributed by atoms with Gasteiger partial charge in [0.25, 0.3) is 0 Å². The summed E-state index contributed by atoms with van der Waals surface area (Å²) in [6, 6.07) is 5.77. The highest BCUT2D eigenvalue weighted by molar-refractivity contribution is 5.39. The lowest BCUT2D eigenvalue weighted by Gasteiger charge is -2.17. The zero-order valence-electron chi connectivity index (χ0n) is 14.7. The van der Waals surface area contributed by atoms with Crippen LogP contribution in [0.1, 0.15) is 36.8 Å². The Kier molecular flexibility index (Phi) is 3.69. The normalized spacial score (nSPS) is 20.0. The maximum atomic E-state index is 5.98. The van der Waals surface area contributed by atoms with E-state index in [2.05, 4.69) is 30.2 Å². The Labute approximate surface area is 151 Å². The van der Waals surface area contributed by atoms with E-state index in [4.69, 9.17) is 4.74 Å². The Hall–Kier alpha value is -2.77. The molecule has 2 aliphatic rings. The molecule has 8 heteroatoms. The van der Waals surface area contributed by atoms with Crippen molar-refractivity contribution in [1.82, 2.24) is 29.8 Å². The Balaban J connectivity index is 1.24. The average Bonchev–Trinajstić information content (AvgIpc) is 3.23. The van der Waals surface area contributed by atoms with Crippen LogP contribution in [0.3, 0.4) is 0 Å². The van der Waals surface area contributed by atoms with Gasteiger partial charge in [-0.15, -0.1) is 15.3 Å². The third-order valence-corrected chi connectivity index (χ3v) is 5.04. The number of aryl methyl sites for hydroxylation is 1. The van der Waals surface area contributed by atoms with Gasteiger partial charge in [0.2, 0.25) is 5.88 Å². The van der Waals surface area contributed by atoms with Crippen LogP contribution >= 0.6 is 0 Å². The molecule has 0 aromatic carbocycles. The van der Waals surface area contributed by atoms with E-state index >= 15 is 0 Å². The smallest absolute Gasteiger partial charge is 0.231 e. The molecule has 26 heavy (non-hydrogen) atoms. The van der Waals surface area contributed by atoms with Gasteiger partial charge in [0.15, 0.2) is 11.5 Å². The molecule has 1 aliphatic carbocycles. The minimum absolute atomic E-state index is 0.464. The van der Waals surface area contributed by atoms with Crippen molar-refractivity contribution < 1.29 is 4.74 Å². The van der Waals surface area contributed by atoms with Crippen molar-refractivity contribution in [2.24, 2.45) is 5.92 Å². The number of hydrogen-bond acceptors (Lipinski definition) is 7. The largest absolute Gasteiger partial charge is 0.476 e. The molecule has 0 amide bonds. The summed E-state index contributed by atoms with van der Waals surface area (Å²) in [5.74, 6) is 4.37. The number of fused-ring (bicyclic) bond motifs is 1. The molecule has 4 heterocycles. The maximum Gasteiger partial charge on any atom is 0.231 e. The molecule has 1 unspecified atom stereocenters. The second kappa shape index (κ2) is 6.19. The van der Waals surface area contributed by atoms with Crippen molar-refractivity contribution in [3.05, 3.63) is 36.0 Å². The minimum atomic E-state index is 0.464. The van der Waals surface area contributed by atoms with Crippen LogP contribution in [0.15, 0.2) is 24.4 Å². The average molecular weight is 351 g/mol. The summed E-state index contributed by atoms with van der Waals surface area (Å²) in [5.41, 5.74) is 0.783. The fourth-order valence-electron chi connectivity index (χ4n) is 3.46. The SMILES string of the molecule is Cc1nccc(N2CCC(COc3ccc4nnc(C5CC5)n4n3)C2)n1. The lowest BCUT2D eigenvalue weighted by atomic mass is 10.1. The number of rotatable bonds is 5. The predicted molar refractivity (Wildman–Crippen MR) is 95.3 cm³/mol. The standard InChI is InChI=1S/C18H21N7O/c1-12-19-8-6-15(20-12)24-9-7-13(10-24)11-26-17-5-4-16-21-22-18(14-2-3-14)25(16)23-17/h4-6,8,13-14H,2-3,7,9-11H2,1H3. The second-order valence-electron chi connectivity index (χ2n) is 7.15. The number of nitrogens with zero attached hydrogens (tertiary/aromatic N) is 7. The predicted octanol–water partition coefficient (Wildman–Crippen LogP) is 2.01. The van der Waals surface area contributed by atoms with Gasteiger partial charge in [-0.2, -0.15) is 4.52 Å². The third kappa shape index (κ3) is 2.95. The molecular formula is C18H21N7O. The van der Waals surface area contributed by atoms with Crippen LogP contribution < -0.4 is 9.64 Å². The van der Waals surface area contributed by atoms with E-state index in [0.717, 1.165) is 42.6 Å². The molecule has 1 aliphatic heterocycles. The fourth-order valence-corrected chi connectivity index (χ4v) is 3.46. The summed E-state index contributed by atoms with van der Waals surface area (Å²) in [6.45, 7) is 4.51. The van der Waals surface area contributed by atoms with Gasteiger partial charge in [0, 0.05) is 37.2 Å². The van der Waals surface area contributed by atoms with E-state index in [1.807, 2.05) is 35.8 Å². The van der Waals surface area contributed by atoms with Crippen molar-refractivity contribution in [2.45, 2.75) is 32.1 Å². The van der Waals surface area contributed by atoms with Crippen molar-refractivity contribution >= 4 is 11.5 Å². The molecule has 0 bridgehead atoms. The van der Waals surface area contributed by atoms with E-state index in [9.17, 15) is 0 Å². The van der Waals surface area contributed by atoms with Gasteiger partial charge in [-0.05, 0) is 38.3 Å². The van der Waals surface area contributed by atoms with Crippen LogP contribution in [0.2, 0.25) is 0 Å². The Bertz CT molecular complexity index is 936. The van der Waals surface area contributed by atoms with Gasteiger partial charge in [0.05, 0.1) is 6.61 Å². The van der Waals surface area contributed by atoms with Crippen molar-refractivity contribution in [2.75, 3.05) is 24.6 Å². The molecule has 0 radical (unpaired) electrons. The Morgan fingerprint density at radius 3 is 2.92 bits per heavy atom. The lowest BCUT2D eigenvalue weighted by molar-refractivity contribution is 0.248. The van der Waals surface area contributed by atoms with Crippen LogP contribution in [0, 0.1) is 12.8 Å². The van der Waals surface area contributed by atoms with Gasteiger partial charge in [-0.3, -0.25) is 0 Å². The van der Waals surface area contributed by atoms with Crippen LogP contribution in [0.4, 0.5) is 5.82 Å². The molecular weight excluding hydrogens is 330 g/mol. The van der Waals surface area contributed by atoms with Crippen LogP contribution in [-0.2, 0) is 0 Å². The molecule has 0 spiro atoms. The highest BCUT2D eigenvalue weighted by atomic mass is 16.5. The highest BCUT2D eigenvalue weighted by Gasteiger charge is 2.29. The van der Waals surface area contributed by atoms with Gasteiger partial charge in [-0.1, -0.05) is 0 Å². The fraction of sp³-hybridized carbons (Fsp3) is 0.500. The van der Waals surface area contributed by atoms with Gasteiger partial charge < -0.3 is 9.64 Å². The van der Waals surface area contributed by atoms with E-state index in [0.29, 0.717) is 24.3 Å². The summed E-state index contributed by atoms with van der Waals surface area (Å²) in [7, 11) is 0. The number of anilines is 1. The molecule has 2 fully saturated rings. The Morgan fingerprint density at radius 1 is 1.15 bits per heavy atom. The van der Waals surface area contributed by atoms with Crippen LogP contribution in [0.5, 0.6) is 5.88 Å². The highest BCUT2D eigenvalue weighted by Crippen LogP contribution is 2.38. The first kappa shape index (κ1) is 15.5. The van der Waals surface area contributed by atoms with Gasteiger partial charge >= 0.3 is 0 Å². The Morgan fingerprint density at radius 2 is 2.08 bits per heavy atom. The summed E-state index contributed by atoms with van der Waals surface area (Å²) in [5, 5.41) is 13.0. The molecule has 3 aromatic heterocycles. The lowest BCUT2D eigenvalue weighted by Crippen LogP contribution is -2.23. The van der Waals surface area contributed by atoms with Crippen LogP contribution in [-0.4, -0.2) is 49.5 Å². The summed E-state index contributed by atoms with van der Waals surface area (Å²) in [4.78, 5) is 11.0. The van der Waals surface area contributed by atoms with Crippen molar-refractivity contribution in [1.29, 1.82) is 0 Å². The summed E-state index contributed by atoms with van der Waals surface area (Å²) in [6.07, 6.45) is 5.25. The summed E-state index contributed by atoms with van der Waals surface area (Å²) < 4.78 is 7.81. The molecule has 1 atom stereocenters. The van der Waals surface area contributed by atoms with Crippen molar-refractivity contribution in [3.63, 3.8) is 0 Å². The van der Waals surface area contributed by atoms with Gasteiger partial charge in [-0.25, -0.2) is 9.97 Å². The van der Waals surface area contributed by atoms with E-state index in [1.54, 1.807) is 0 Å². The number of ether oxygens (including phenoxy) is 1. The molecule has 0 N–H and O–H groups in total. The number of aromatic nitrogens is 6. The number of hydrogen-bond donors (Lipinski definition) is 0. The molecule has 1 saturated heterocycles. The first-order valence-electron chi connectivity index (χ1n) is 9.16. The quantitative estimate of drug-likeness (QED) is 0.695. The zero-order valence-corrected chi connectivity index (χ0v) is 14.7. The van der Waals surface area contributed by atoms with E-state index in [-0.39, 0.29) is 0 Å². The molecule has 5 rings (SSSR count). The monoisotopic (exact) mass is 351 g/mol. The molecule has 134 valence electrons. The first-order chi connectivity index (χ1) is 12.8. The second-order valence-corrected chi connectivity index (χ2v) is 7.15. The van der Waals surface area contributed by atoms with E-state index in [1.165, 1.54) is 12.8 Å². The first-order valence-corrected chi connectivity index (χ1v) is 9.16. The molecule has 1 saturated carbocycles. The van der Waals surface area contributed by atoms with Gasteiger partial charge in [0.1, 0.15) is 11.6 Å². The third-order valence-electron chi connectivity index (χ3n) is 5.04. The zero-order chi connectivity index (χ0) is 17.5. The van der Waals surface area contributed by atoms with Crippen molar-refractivity contribution in [3.8, 4) is 5.88 Å². The minimum Gasteiger partial charge on any atom is -0.476 e. The van der Waals surface area contributed by atoms with Crippen LogP contribution in [0.25, 0.3) is 5.65 Å². The van der Waals surface area contributed by atoms with E-state index < -0.39 is 0 Å². The molecule has 8 nitrogen and oxygen atoms in total. The topological polar surface area (TPSA) is 81.3 Å². The summed E-state index contributed by atoms with van der Waals surface area (Å²) >= 11 is 0. The molecule has 3 aromatic rings. The maximum absolute atomic E-state index is 5.98.